The molecule has 2 atom stereocenters. The molecular weight excluding hydrogens is 460 g/mol. The van der Waals surface area contributed by atoms with Crippen LogP contribution < -0.4 is 15.5 Å². The summed E-state index contributed by atoms with van der Waals surface area (Å²) in [6.07, 6.45) is 5.57. The van der Waals surface area contributed by atoms with Crippen molar-refractivity contribution >= 4 is 34.6 Å². The summed E-state index contributed by atoms with van der Waals surface area (Å²) in [5.74, 6) is 0.612. The molecule has 176 valence electrons. The van der Waals surface area contributed by atoms with Crippen LogP contribution in [-0.4, -0.2) is 39.3 Å². The van der Waals surface area contributed by atoms with Crippen molar-refractivity contribution in [1.82, 2.24) is 19.9 Å². The van der Waals surface area contributed by atoms with Gasteiger partial charge in [-0.15, -0.1) is 0 Å². The summed E-state index contributed by atoms with van der Waals surface area (Å²) in [5.41, 5.74) is 3.48. The maximum Gasteiger partial charge on any atom is 0.250 e. The summed E-state index contributed by atoms with van der Waals surface area (Å²) >= 11 is 5.82. The van der Waals surface area contributed by atoms with Crippen molar-refractivity contribution < 1.29 is 9.53 Å². The standard InChI is InChI=1S/C26H24N6O2S/c1-34-17-23(33)29-18-10-12-19(13-11-18)32-25(24(30-26(32)35)20-7-2-4-14-27-20)21-8-6-16-31(21)22-9-3-5-15-28-22/h2-16,24-25H,17H2,1H3,(H,29,33)(H,30,35)/t24-,25-/m1/s1. The van der Waals surface area contributed by atoms with Crippen LogP contribution in [0.1, 0.15) is 23.5 Å². The largest absolute Gasteiger partial charge is 0.375 e. The summed E-state index contributed by atoms with van der Waals surface area (Å²) < 4.78 is 6.96. The number of hydrogen-bond donors (Lipinski definition) is 2. The number of nitrogens with one attached hydrogen (secondary N) is 2. The van der Waals surface area contributed by atoms with E-state index in [4.69, 9.17) is 17.0 Å². The zero-order chi connectivity index (χ0) is 24.2. The maximum absolute atomic E-state index is 11.9. The Morgan fingerprint density at radius 3 is 2.49 bits per heavy atom. The number of amides is 1. The first kappa shape index (κ1) is 22.7. The fraction of sp³-hybridized carbons (Fsp3) is 0.154. The monoisotopic (exact) mass is 484 g/mol. The van der Waals surface area contributed by atoms with E-state index >= 15 is 0 Å². The molecule has 1 amide bonds. The fourth-order valence-electron chi connectivity index (χ4n) is 4.31. The summed E-state index contributed by atoms with van der Waals surface area (Å²) in [4.78, 5) is 23.1. The first-order chi connectivity index (χ1) is 17.2. The van der Waals surface area contributed by atoms with Gasteiger partial charge in [0.05, 0.1) is 11.7 Å². The first-order valence-corrected chi connectivity index (χ1v) is 11.5. The van der Waals surface area contributed by atoms with Crippen LogP contribution >= 0.6 is 12.2 Å². The van der Waals surface area contributed by atoms with Gasteiger partial charge in [0.15, 0.2) is 5.11 Å². The average Bonchev–Trinajstić information content (AvgIpc) is 3.50. The predicted octanol–water partition coefficient (Wildman–Crippen LogP) is 4.03. The number of carbonyl (C=O) groups excluding carboxylic acids is 1. The molecule has 2 N–H and O–H groups in total. The molecule has 5 rings (SSSR count). The van der Waals surface area contributed by atoms with Crippen LogP contribution in [0.25, 0.3) is 5.82 Å². The minimum absolute atomic E-state index is 0.000221. The number of carbonyl (C=O) groups is 1. The molecule has 1 saturated heterocycles. The second kappa shape index (κ2) is 10.0. The topological polar surface area (TPSA) is 84.3 Å². The lowest BCUT2D eigenvalue weighted by molar-refractivity contribution is -0.119. The van der Waals surface area contributed by atoms with Crippen LogP contribution in [0.2, 0.25) is 0 Å². The molecule has 0 saturated carbocycles. The molecule has 1 fully saturated rings. The molecule has 0 unspecified atom stereocenters. The van der Waals surface area contributed by atoms with E-state index < -0.39 is 0 Å². The van der Waals surface area contributed by atoms with Crippen LogP contribution in [0.3, 0.4) is 0 Å². The van der Waals surface area contributed by atoms with Crippen molar-refractivity contribution in [2.75, 3.05) is 23.9 Å². The number of nitrogens with zero attached hydrogens (tertiary/aromatic N) is 4. The first-order valence-electron chi connectivity index (χ1n) is 11.1. The molecule has 0 spiro atoms. The predicted molar refractivity (Wildman–Crippen MR) is 138 cm³/mol. The van der Waals surface area contributed by atoms with Gasteiger partial charge in [-0.3, -0.25) is 9.78 Å². The van der Waals surface area contributed by atoms with Gasteiger partial charge < -0.3 is 24.8 Å². The summed E-state index contributed by atoms with van der Waals surface area (Å²) in [6, 6.07) is 23.0. The highest BCUT2D eigenvalue weighted by molar-refractivity contribution is 7.80. The Morgan fingerprint density at radius 1 is 1.03 bits per heavy atom. The minimum Gasteiger partial charge on any atom is -0.375 e. The number of pyridine rings is 2. The highest BCUT2D eigenvalue weighted by Crippen LogP contribution is 2.42. The molecular formula is C26H24N6O2S. The lowest BCUT2D eigenvalue weighted by atomic mass is 10.0. The third kappa shape index (κ3) is 4.64. The van der Waals surface area contributed by atoms with E-state index in [1.165, 1.54) is 7.11 Å². The van der Waals surface area contributed by atoms with Crippen molar-refractivity contribution in [2.24, 2.45) is 0 Å². The van der Waals surface area contributed by atoms with E-state index in [-0.39, 0.29) is 24.6 Å². The second-order valence-corrected chi connectivity index (χ2v) is 8.40. The molecule has 4 aromatic rings. The molecule has 1 aromatic carbocycles. The Kier molecular flexibility index (Phi) is 6.51. The molecule has 35 heavy (non-hydrogen) atoms. The number of aromatic nitrogens is 3. The van der Waals surface area contributed by atoms with E-state index in [2.05, 4.69) is 36.1 Å². The summed E-state index contributed by atoms with van der Waals surface area (Å²) in [7, 11) is 1.49. The molecule has 1 aliphatic heterocycles. The van der Waals surface area contributed by atoms with Crippen molar-refractivity contribution in [2.45, 2.75) is 12.1 Å². The van der Waals surface area contributed by atoms with E-state index in [1.807, 2.05) is 72.9 Å². The zero-order valence-electron chi connectivity index (χ0n) is 19.0. The van der Waals surface area contributed by atoms with Gasteiger partial charge >= 0.3 is 0 Å². The smallest absolute Gasteiger partial charge is 0.250 e. The van der Waals surface area contributed by atoms with E-state index in [0.29, 0.717) is 10.8 Å². The molecule has 8 nitrogen and oxygen atoms in total. The molecule has 9 heteroatoms. The molecule has 1 aliphatic rings. The SMILES string of the molecule is COCC(=O)Nc1ccc(N2C(=S)N[C@H](c3ccccn3)[C@H]2c2cccn2-c2ccccn2)cc1. The van der Waals surface area contributed by atoms with Gasteiger partial charge in [0.2, 0.25) is 5.91 Å². The number of ether oxygens (including phenoxy) is 1. The van der Waals surface area contributed by atoms with Crippen LogP contribution in [-0.2, 0) is 9.53 Å². The molecule has 4 heterocycles. The van der Waals surface area contributed by atoms with Crippen LogP contribution in [0.4, 0.5) is 11.4 Å². The maximum atomic E-state index is 11.9. The lowest BCUT2D eigenvalue weighted by Crippen LogP contribution is -2.30. The van der Waals surface area contributed by atoms with Crippen LogP contribution in [0.5, 0.6) is 0 Å². The normalized spacial score (nSPS) is 17.3. The number of rotatable bonds is 7. The minimum atomic E-state index is -0.208. The van der Waals surface area contributed by atoms with Gasteiger partial charge in [-0.25, -0.2) is 4.98 Å². The Labute approximate surface area is 208 Å². The van der Waals surface area contributed by atoms with Gasteiger partial charge in [-0.1, -0.05) is 12.1 Å². The Hall–Kier alpha value is -4.08. The average molecular weight is 485 g/mol. The third-order valence-electron chi connectivity index (χ3n) is 5.78. The second-order valence-electron chi connectivity index (χ2n) is 8.02. The Morgan fingerprint density at radius 2 is 1.80 bits per heavy atom. The number of benzene rings is 1. The zero-order valence-corrected chi connectivity index (χ0v) is 19.9. The highest BCUT2D eigenvalue weighted by Gasteiger charge is 2.42. The molecule has 3 aromatic heterocycles. The Bertz CT molecular complexity index is 1310. The lowest BCUT2D eigenvalue weighted by Gasteiger charge is -2.29. The number of thiocarbonyl (C=S) groups is 1. The summed E-state index contributed by atoms with van der Waals surface area (Å²) in [6.45, 7) is 0.000221. The Balaban J connectivity index is 1.55. The van der Waals surface area contributed by atoms with Gasteiger partial charge in [0.25, 0.3) is 0 Å². The van der Waals surface area contributed by atoms with Crippen molar-refractivity contribution in [3.8, 4) is 5.82 Å². The molecule has 0 bridgehead atoms. The van der Waals surface area contributed by atoms with E-state index in [9.17, 15) is 4.79 Å². The van der Waals surface area contributed by atoms with Gasteiger partial charge in [-0.2, -0.15) is 0 Å². The van der Waals surface area contributed by atoms with Crippen molar-refractivity contribution in [3.63, 3.8) is 0 Å². The van der Waals surface area contributed by atoms with E-state index in [1.54, 1.807) is 12.4 Å². The van der Waals surface area contributed by atoms with Gasteiger partial charge in [0, 0.05) is 42.8 Å². The third-order valence-corrected chi connectivity index (χ3v) is 6.10. The highest BCUT2D eigenvalue weighted by atomic mass is 32.1. The van der Waals surface area contributed by atoms with Crippen molar-refractivity contribution in [1.29, 1.82) is 0 Å². The molecule has 0 aliphatic carbocycles. The van der Waals surface area contributed by atoms with Crippen LogP contribution in [0.15, 0.2) is 91.4 Å². The van der Waals surface area contributed by atoms with Crippen molar-refractivity contribution in [3.05, 3.63) is 103 Å². The van der Waals surface area contributed by atoms with Crippen LogP contribution in [0, 0.1) is 0 Å². The summed E-state index contributed by atoms with van der Waals surface area (Å²) in [5, 5.41) is 6.89. The molecule has 0 radical (unpaired) electrons. The fourth-order valence-corrected chi connectivity index (χ4v) is 4.65. The van der Waals surface area contributed by atoms with Gasteiger partial charge in [0.1, 0.15) is 18.5 Å². The number of hydrogen-bond acceptors (Lipinski definition) is 5. The number of methoxy groups -OCH3 is 1. The number of anilines is 2. The van der Waals surface area contributed by atoms with E-state index in [0.717, 1.165) is 22.9 Å². The quantitative estimate of drug-likeness (QED) is 0.383. The van der Waals surface area contributed by atoms with Gasteiger partial charge in [-0.05, 0) is 72.9 Å².